The molecule has 0 aliphatic carbocycles. The Kier molecular flexibility index (Phi) is 4.72. The zero-order valence-electron chi connectivity index (χ0n) is 12.8. The Hall–Kier alpha value is -2.93. The highest BCUT2D eigenvalue weighted by atomic mass is 32.2. The van der Waals surface area contributed by atoms with Crippen LogP contribution in [-0.4, -0.2) is 22.0 Å². The van der Waals surface area contributed by atoms with E-state index in [1.807, 2.05) is 12.1 Å². The summed E-state index contributed by atoms with van der Waals surface area (Å²) in [6.45, 7) is 1.45. The van der Waals surface area contributed by atoms with Crippen molar-refractivity contribution in [3.63, 3.8) is 0 Å². The summed E-state index contributed by atoms with van der Waals surface area (Å²) in [7, 11) is 0. The molecule has 24 heavy (non-hydrogen) atoms. The van der Waals surface area contributed by atoms with E-state index in [2.05, 4.69) is 20.6 Å². The lowest BCUT2D eigenvalue weighted by molar-refractivity contribution is -0.115. The van der Waals surface area contributed by atoms with Gasteiger partial charge in [-0.25, -0.2) is 4.99 Å². The zero-order chi connectivity index (χ0) is 16.9. The van der Waals surface area contributed by atoms with Crippen LogP contribution >= 0.6 is 11.8 Å². The number of aliphatic imine (C=N–C) groups is 1. The third-order valence-electron chi connectivity index (χ3n) is 3.07. The number of pyridine rings is 1. The number of hydrogen-bond acceptors (Lipinski definition) is 5. The topological polar surface area (TPSA) is 83.5 Å². The quantitative estimate of drug-likeness (QED) is 0.843. The van der Waals surface area contributed by atoms with Crippen LogP contribution in [0.5, 0.6) is 0 Å². The molecule has 1 saturated heterocycles. The molecule has 1 aliphatic heterocycles. The van der Waals surface area contributed by atoms with Crippen molar-refractivity contribution >= 4 is 46.2 Å². The number of nitrogens with one attached hydrogen (secondary N) is 2. The largest absolute Gasteiger partial charge is 0.326 e. The fourth-order valence-electron chi connectivity index (χ4n) is 2.03. The Balaban J connectivity index is 1.74. The summed E-state index contributed by atoms with van der Waals surface area (Å²) in [6, 6.07) is 10.7. The molecular weight excluding hydrogens is 324 g/mol. The van der Waals surface area contributed by atoms with Crippen molar-refractivity contribution in [1.82, 2.24) is 10.3 Å². The number of anilines is 1. The van der Waals surface area contributed by atoms with Gasteiger partial charge in [-0.05, 0) is 59.8 Å². The van der Waals surface area contributed by atoms with E-state index in [4.69, 9.17) is 0 Å². The smallest absolute Gasteiger partial charge is 0.264 e. The predicted molar refractivity (Wildman–Crippen MR) is 95.8 cm³/mol. The van der Waals surface area contributed by atoms with Gasteiger partial charge in [-0.1, -0.05) is 0 Å². The number of nitrogens with zero attached hydrogens (tertiary/aromatic N) is 2. The van der Waals surface area contributed by atoms with Crippen LogP contribution < -0.4 is 10.6 Å². The number of amides is 2. The normalized spacial score (nSPS) is 17.1. The second kappa shape index (κ2) is 7.10. The third kappa shape index (κ3) is 4.08. The molecule has 2 N–H and O–H groups in total. The molecule has 0 radical (unpaired) electrons. The number of aromatic nitrogens is 1. The van der Waals surface area contributed by atoms with Crippen LogP contribution in [0, 0.1) is 0 Å². The monoisotopic (exact) mass is 338 g/mol. The van der Waals surface area contributed by atoms with E-state index >= 15 is 0 Å². The molecule has 6 nitrogen and oxygen atoms in total. The van der Waals surface area contributed by atoms with Crippen LogP contribution in [0.1, 0.15) is 12.5 Å². The summed E-state index contributed by atoms with van der Waals surface area (Å²) in [6.07, 6.45) is 5.15. The maximum absolute atomic E-state index is 12.0. The van der Waals surface area contributed by atoms with Gasteiger partial charge < -0.3 is 10.6 Å². The molecule has 7 heteroatoms. The van der Waals surface area contributed by atoms with E-state index in [-0.39, 0.29) is 11.8 Å². The SMILES string of the molecule is CC(=O)Nc1ccc(N=C2NC(=O)/C(=C/c3ccncc3)S2)cc1. The second-order valence-corrected chi connectivity index (χ2v) is 6.02. The molecule has 120 valence electrons. The molecule has 3 rings (SSSR count). The van der Waals surface area contributed by atoms with Crippen LogP contribution in [0.2, 0.25) is 0 Å². The number of benzene rings is 1. The highest BCUT2D eigenvalue weighted by Crippen LogP contribution is 2.28. The molecule has 0 bridgehead atoms. The Bertz CT molecular complexity index is 829. The number of thioether (sulfide) groups is 1. The summed E-state index contributed by atoms with van der Waals surface area (Å²) in [5.74, 6) is -0.302. The van der Waals surface area contributed by atoms with Gasteiger partial charge in [0.15, 0.2) is 5.17 Å². The first-order valence-electron chi connectivity index (χ1n) is 7.17. The van der Waals surface area contributed by atoms with Crippen molar-refractivity contribution in [1.29, 1.82) is 0 Å². The molecule has 0 spiro atoms. The predicted octanol–water partition coefficient (Wildman–Crippen LogP) is 2.93. The summed E-state index contributed by atoms with van der Waals surface area (Å²) < 4.78 is 0. The van der Waals surface area contributed by atoms with Crippen LogP contribution in [0.3, 0.4) is 0 Å². The first-order valence-corrected chi connectivity index (χ1v) is 7.99. The van der Waals surface area contributed by atoms with Gasteiger partial charge in [0, 0.05) is 25.0 Å². The van der Waals surface area contributed by atoms with Crippen molar-refractivity contribution in [3.05, 3.63) is 59.3 Å². The fraction of sp³-hybridized carbons (Fsp3) is 0.0588. The van der Waals surface area contributed by atoms with E-state index in [9.17, 15) is 9.59 Å². The Labute approximate surface area is 143 Å². The number of rotatable bonds is 3. The molecule has 2 aromatic rings. The third-order valence-corrected chi connectivity index (χ3v) is 3.98. The molecule has 1 aromatic heterocycles. The first-order chi connectivity index (χ1) is 11.6. The van der Waals surface area contributed by atoms with E-state index in [0.717, 1.165) is 5.56 Å². The summed E-state index contributed by atoms with van der Waals surface area (Å²) >= 11 is 1.28. The highest BCUT2D eigenvalue weighted by Gasteiger charge is 2.23. The lowest BCUT2D eigenvalue weighted by Crippen LogP contribution is -2.19. The molecular formula is C17H14N4O2S. The van der Waals surface area contributed by atoms with E-state index in [1.54, 1.807) is 42.7 Å². The van der Waals surface area contributed by atoms with E-state index in [0.29, 0.717) is 21.4 Å². The molecule has 1 aliphatic rings. The Morgan fingerprint density at radius 1 is 1.21 bits per heavy atom. The lowest BCUT2D eigenvalue weighted by Gasteiger charge is -2.02. The van der Waals surface area contributed by atoms with Crippen LogP contribution in [-0.2, 0) is 9.59 Å². The number of hydrogen-bond donors (Lipinski definition) is 2. The summed E-state index contributed by atoms with van der Waals surface area (Å²) in [5.41, 5.74) is 2.30. The van der Waals surface area contributed by atoms with E-state index < -0.39 is 0 Å². The second-order valence-electron chi connectivity index (χ2n) is 4.99. The van der Waals surface area contributed by atoms with Crippen LogP contribution in [0.15, 0.2) is 58.7 Å². The standard InChI is InChI=1S/C17H14N4O2S/c1-11(22)19-13-2-4-14(5-3-13)20-17-21-16(23)15(24-17)10-12-6-8-18-9-7-12/h2-10H,1H3,(H,19,22)(H,20,21,23)/b15-10-. The number of carbonyl (C=O) groups is 2. The molecule has 2 heterocycles. The molecule has 0 atom stereocenters. The number of amidine groups is 1. The zero-order valence-corrected chi connectivity index (χ0v) is 13.6. The maximum Gasteiger partial charge on any atom is 0.264 e. The lowest BCUT2D eigenvalue weighted by atomic mass is 10.2. The van der Waals surface area contributed by atoms with Gasteiger partial charge in [-0.3, -0.25) is 14.6 Å². The van der Waals surface area contributed by atoms with Gasteiger partial charge in [0.1, 0.15) is 0 Å². The summed E-state index contributed by atoms with van der Waals surface area (Å²) in [4.78, 5) is 31.9. The van der Waals surface area contributed by atoms with Gasteiger partial charge in [-0.2, -0.15) is 0 Å². The van der Waals surface area contributed by atoms with Crippen molar-refractivity contribution in [3.8, 4) is 0 Å². The van der Waals surface area contributed by atoms with Crippen LogP contribution in [0.4, 0.5) is 11.4 Å². The molecule has 2 amide bonds. The highest BCUT2D eigenvalue weighted by molar-refractivity contribution is 8.18. The summed E-state index contributed by atoms with van der Waals surface area (Å²) in [5, 5.41) is 5.95. The molecule has 1 aromatic carbocycles. The fourth-order valence-corrected chi connectivity index (χ4v) is 2.87. The maximum atomic E-state index is 12.0. The average Bonchev–Trinajstić information content (AvgIpc) is 2.89. The van der Waals surface area contributed by atoms with Crippen LogP contribution in [0.25, 0.3) is 6.08 Å². The van der Waals surface area contributed by atoms with Crippen molar-refractivity contribution in [2.75, 3.05) is 5.32 Å². The van der Waals surface area contributed by atoms with Gasteiger partial charge in [0.2, 0.25) is 5.91 Å². The van der Waals surface area contributed by atoms with E-state index in [1.165, 1.54) is 18.7 Å². The van der Waals surface area contributed by atoms with Crippen molar-refractivity contribution in [2.24, 2.45) is 4.99 Å². The molecule has 0 unspecified atom stereocenters. The number of carbonyl (C=O) groups excluding carboxylic acids is 2. The van der Waals surface area contributed by atoms with Gasteiger partial charge in [0.25, 0.3) is 5.91 Å². The van der Waals surface area contributed by atoms with Gasteiger partial charge in [0.05, 0.1) is 10.6 Å². The minimum atomic E-state index is -0.176. The average molecular weight is 338 g/mol. The van der Waals surface area contributed by atoms with Crippen molar-refractivity contribution < 1.29 is 9.59 Å². The minimum absolute atomic E-state index is 0.126. The first kappa shape index (κ1) is 15.9. The van der Waals surface area contributed by atoms with Gasteiger partial charge in [-0.15, -0.1) is 0 Å². The Morgan fingerprint density at radius 2 is 1.92 bits per heavy atom. The Morgan fingerprint density at radius 3 is 2.58 bits per heavy atom. The van der Waals surface area contributed by atoms with Crippen molar-refractivity contribution in [2.45, 2.75) is 6.92 Å². The minimum Gasteiger partial charge on any atom is -0.326 e. The molecule has 0 saturated carbocycles. The molecule has 1 fully saturated rings. The van der Waals surface area contributed by atoms with Gasteiger partial charge >= 0.3 is 0 Å².